The molecule has 0 bridgehead atoms. The lowest BCUT2D eigenvalue weighted by molar-refractivity contribution is -0.133. The molecule has 2 N–H and O–H groups in total. The minimum Gasteiger partial charge on any atom is -0.445 e. The van der Waals surface area contributed by atoms with Crippen molar-refractivity contribution in [3.05, 3.63) is 35.9 Å². The summed E-state index contributed by atoms with van der Waals surface area (Å²) in [4.78, 5) is 25.9. The van der Waals surface area contributed by atoms with Crippen LogP contribution in [0.25, 0.3) is 0 Å². The molecule has 0 spiro atoms. The van der Waals surface area contributed by atoms with Gasteiger partial charge in [-0.05, 0) is 39.2 Å². The minimum absolute atomic E-state index is 0.174. The lowest BCUT2D eigenvalue weighted by atomic mass is 10.0. The molecule has 1 unspecified atom stereocenters. The van der Waals surface area contributed by atoms with Crippen LogP contribution in [-0.4, -0.2) is 46.2 Å². The van der Waals surface area contributed by atoms with Crippen molar-refractivity contribution >= 4 is 12.0 Å². The fraction of sp³-hybridized carbons (Fsp3) is 0.556. The second-order valence-corrected chi connectivity index (χ2v) is 7.13. The number of carbonyl (C=O) groups is 2. The van der Waals surface area contributed by atoms with Crippen molar-refractivity contribution in [2.45, 2.75) is 57.9 Å². The number of aliphatic hydroxyl groups is 1. The number of nitrogens with one attached hydrogen (secondary N) is 1. The molecule has 1 aliphatic heterocycles. The highest BCUT2D eigenvalue weighted by Crippen LogP contribution is 2.22. The third-order valence-electron chi connectivity index (χ3n) is 3.87. The van der Waals surface area contributed by atoms with E-state index in [-0.39, 0.29) is 6.61 Å². The van der Waals surface area contributed by atoms with Crippen LogP contribution in [0.15, 0.2) is 30.3 Å². The summed E-state index contributed by atoms with van der Waals surface area (Å²) in [6.07, 6.45) is -0.426. The minimum atomic E-state index is -1.25. The van der Waals surface area contributed by atoms with Gasteiger partial charge in [0.05, 0.1) is 6.04 Å². The third kappa shape index (κ3) is 4.96. The molecule has 2 amide bonds. The van der Waals surface area contributed by atoms with Gasteiger partial charge in [-0.1, -0.05) is 30.3 Å². The van der Waals surface area contributed by atoms with Crippen LogP contribution in [0.1, 0.15) is 39.2 Å². The maximum Gasteiger partial charge on any atom is 0.410 e. The van der Waals surface area contributed by atoms with Crippen LogP contribution < -0.4 is 5.32 Å². The zero-order valence-electron chi connectivity index (χ0n) is 14.5. The zero-order valence-corrected chi connectivity index (χ0v) is 14.5. The molecule has 2 atom stereocenters. The molecule has 0 aliphatic carbocycles. The Hall–Kier alpha value is -2.08. The Morgan fingerprint density at radius 2 is 2.00 bits per heavy atom. The number of hydrogen-bond acceptors (Lipinski definition) is 4. The number of hydrogen-bond donors (Lipinski definition) is 2. The van der Waals surface area contributed by atoms with Gasteiger partial charge in [-0.15, -0.1) is 0 Å². The lowest BCUT2D eigenvalue weighted by Crippen LogP contribution is -2.53. The van der Waals surface area contributed by atoms with Crippen LogP contribution in [0.2, 0.25) is 0 Å². The molecule has 0 saturated carbocycles. The van der Waals surface area contributed by atoms with E-state index in [1.54, 1.807) is 0 Å². The topological polar surface area (TPSA) is 78.9 Å². The molecule has 6 nitrogen and oxygen atoms in total. The van der Waals surface area contributed by atoms with Crippen molar-refractivity contribution < 1.29 is 19.4 Å². The summed E-state index contributed by atoms with van der Waals surface area (Å²) in [5.41, 5.74) is 0.461. The second kappa shape index (κ2) is 7.66. The van der Waals surface area contributed by atoms with E-state index in [0.717, 1.165) is 12.0 Å². The number of aliphatic hydroxyl groups excluding tert-OH is 1. The van der Waals surface area contributed by atoms with Gasteiger partial charge in [-0.2, -0.15) is 0 Å². The van der Waals surface area contributed by atoms with Crippen LogP contribution >= 0.6 is 0 Å². The van der Waals surface area contributed by atoms with E-state index < -0.39 is 29.7 Å². The Labute approximate surface area is 142 Å². The number of carbonyl (C=O) groups excluding carboxylic acids is 2. The Balaban J connectivity index is 1.94. The predicted octanol–water partition coefficient (Wildman–Crippen LogP) is 2.06. The number of amides is 2. The van der Waals surface area contributed by atoms with Crippen LogP contribution in [0.4, 0.5) is 4.79 Å². The highest BCUT2D eigenvalue weighted by molar-refractivity contribution is 5.83. The van der Waals surface area contributed by atoms with Crippen LogP contribution in [0.3, 0.4) is 0 Å². The van der Waals surface area contributed by atoms with Crippen LogP contribution in [0.5, 0.6) is 0 Å². The fourth-order valence-electron chi connectivity index (χ4n) is 2.77. The van der Waals surface area contributed by atoms with Crippen molar-refractivity contribution in [2.24, 2.45) is 0 Å². The Morgan fingerprint density at radius 3 is 2.62 bits per heavy atom. The molecule has 132 valence electrons. The van der Waals surface area contributed by atoms with Crippen molar-refractivity contribution in [1.29, 1.82) is 0 Å². The Kier molecular flexibility index (Phi) is 5.83. The van der Waals surface area contributed by atoms with Crippen LogP contribution in [0, 0.1) is 0 Å². The summed E-state index contributed by atoms with van der Waals surface area (Å²) in [5.74, 6) is -0.463. The van der Waals surface area contributed by atoms with Gasteiger partial charge in [0.15, 0.2) is 6.10 Å². The smallest absolute Gasteiger partial charge is 0.410 e. The predicted molar refractivity (Wildman–Crippen MR) is 90.3 cm³/mol. The molecule has 6 heteroatoms. The SMILES string of the molecule is CC(C)(C)NC(=O)C(O)[C@@H]1CCCN1C(=O)OCc1ccccc1. The number of nitrogens with zero attached hydrogens (tertiary/aromatic N) is 1. The van der Waals surface area contributed by atoms with Gasteiger partial charge >= 0.3 is 6.09 Å². The van der Waals surface area contributed by atoms with Crippen molar-refractivity contribution in [3.8, 4) is 0 Å². The van der Waals surface area contributed by atoms with E-state index in [1.165, 1.54) is 4.90 Å². The first-order valence-corrected chi connectivity index (χ1v) is 8.25. The summed E-state index contributed by atoms with van der Waals surface area (Å²) in [6.45, 7) is 6.19. The maximum absolute atomic E-state index is 12.3. The van der Waals surface area contributed by atoms with E-state index >= 15 is 0 Å². The molecule has 0 radical (unpaired) electrons. The van der Waals surface area contributed by atoms with Crippen molar-refractivity contribution in [2.75, 3.05) is 6.54 Å². The Bertz CT molecular complexity index is 568. The van der Waals surface area contributed by atoms with Gasteiger partial charge in [0.2, 0.25) is 0 Å². The molecule has 1 aromatic carbocycles. The first kappa shape index (κ1) is 18.3. The molecule has 2 rings (SSSR count). The molecule has 1 fully saturated rings. The monoisotopic (exact) mass is 334 g/mol. The summed E-state index contributed by atoms with van der Waals surface area (Å²) in [7, 11) is 0. The van der Waals surface area contributed by atoms with Gasteiger partial charge in [0.1, 0.15) is 6.61 Å². The zero-order chi connectivity index (χ0) is 17.7. The first-order valence-electron chi connectivity index (χ1n) is 8.25. The Morgan fingerprint density at radius 1 is 1.33 bits per heavy atom. The fourth-order valence-corrected chi connectivity index (χ4v) is 2.77. The van der Waals surface area contributed by atoms with E-state index in [0.29, 0.717) is 13.0 Å². The quantitative estimate of drug-likeness (QED) is 0.883. The van der Waals surface area contributed by atoms with Gasteiger partial charge in [0, 0.05) is 12.1 Å². The summed E-state index contributed by atoms with van der Waals surface area (Å²) < 4.78 is 5.32. The molecular formula is C18H26N2O4. The molecular weight excluding hydrogens is 308 g/mol. The number of rotatable bonds is 4. The molecule has 1 saturated heterocycles. The van der Waals surface area contributed by atoms with Gasteiger partial charge in [-0.3, -0.25) is 4.79 Å². The summed E-state index contributed by atoms with van der Waals surface area (Å²) in [5, 5.41) is 13.1. The van der Waals surface area contributed by atoms with Crippen molar-refractivity contribution in [3.63, 3.8) is 0 Å². The number of ether oxygens (including phenoxy) is 1. The third-order valence-corrected chi connectivity index (χ3v) is 3.87. The largest absolute Gasteiger partial charge is 0.445 e. The standard InChI is InChI=1S/C18H26N2O4/c1-18(2,3)19-16(22)15(21)14-10-7-11-20(14)17(23)24-12-13-8-5-4-6-9-13/h4-6,8-9,14-15,21H,7,10-12H2,1-3H3,(H,19,22)/t14-,15?/m0/s1. The van der Waals surface area contributed by atoms with E-state index in [4.69, 9.17) is 4.74 Å². The average Bonchev–Trinajstić information content (AvgIpc) is 3.00. The van der Waals surface area contributed by atoms with Gasteiger partial charge in [0.25, 0.3) is 5.91 Å². The average molecular weight is 334 g/mol. The molecule has 0 aromatic heterocycles. The van der Waals surface area contributed by atoms with Crippen molar-refractivity contribution in [1.82, 2.24) is 10.2 Å². The second-order valence-electron chi connectivity index (χ2n) is 7.13. The number of benzene rings is 1. The lowest BCUT2D eigenvalue weighted by Gasteiger charge is -2.29. The molecule has 1 aromatic rings. The van der Waals surface area contributed by atoms with Gasteiger partial charge in [-0.25, -0.2) is 4.79 Å². The molecule has 1 heterocycles. The van der Waals surface area contributed by atoms with E-state index in [2.05, 4.69) is 5.32 Å². The molecule has 1 aliphatic rings. The highest BCUT2D eigenvalue weighted by Gasteiger charge is 2.39. The maximum atomic E-state index is 12.3. The molecule has 24 heavy (non-hydrogen) atoms. The normalized spacial score (nSPS) is 19.0. The summed E-state index contributed by atoms with van der Waals surface area (Å²) in [6, 6.07) is 8.85. The van der Waals surface area contributed by atoms with E-state index in [9.17, 15) is 14.7 Å². The number of likely N-dealkylation sites (tertiary alicyclic amines) is 1. The van der Waals surface area contributed by atoms with Crippen LogP contribution in [-0.2, 0) is 16.1 Å². The van der Waals surface area contributed by atoms with E-state index in [1.807, 2.05) is 51.1 Å². The summed E-state index contributed by atoms with van der Waals surface area (Å²) >= 11 is 0. The van der Waals surface area contributed by atoms with Gasteiger partial charge < -0.3 is 20.1 Å². The first-order chi connectivity index (χ1) is 11.3. The highest BCUT2D eigenvalue weighted by atomic mass is 16.6.